The first-order valence-corrected chi connectivity index (χ1v) is 5.88. The van der Waals surface area contributed by atoms with Gasteiger partial charge in [-0.2, -0.15) is 0 Å². The van der Waals surface area contributed by atoms with Crippen molar-refractivity contribution in [3.63, 3.8) is 0 Å². The number of carbonyl (C=O) groups is 1. The summed E-state index contributed by atoms with van der Waals surface area (Å²) >= 11 is 5.96. The minimum atomic E-state index is -1.51. The predicted molar refractivity (Wildman–Crippen MR) is 68.2 cm³/mol. The number of likely N-dealkylation sites (N-methyl/N-ethyl adjacent to an activating group) is 1. The average molecular weight is 254 g/mol. The van der Waals surface area contributed by atoms with Gasteiger partial charge in [-0.25, -0.2) is 0 Å². The smallest absolute Gasteiger partial charge is 0.263 e. The molecule has 0 saturated carbocycles. The van der Waals surface area contributed by atoms with E-state index in [1.54, 1.807) is 25.2 Å². The van der Waals surface area contributed by atoms with E-state index < -0.39 is 11.0 Å². The predicted octanol–water partition coefficient (Wildman–Crippen LogP) is 2.55. The van der Waals surface area contributed by atoms with E-state index in [0.29, 0.717) is 10.6 Å². The van der Waals surface area contributed by atoms with E-state index in [9.17, 15) is 9.90 Å². The number of anilines is 1. The highest BCUT2D eigenvalue weighted by Crippen LogP contribution is 2.49. The van der Waals surface area contributed by atoms with Crippen molar-refractivity contribution in [1.29, 1.82) is 0 Å². The molecule has 0 radical (unpaired) electrons. The number of fused-ring (bicyclic) bond motifs is 1. The average Bonchev–Trinajstić information content (AvgIpc) is 2.41. The van der Waals surface area contributed by atoms with Gasteiger partial charge in [-0.1, -0.05) is 32.4 Å². The minimum Gasteiger partial charge on any atom is -0.375 e. The van der Waals surface area contributed by atoms with E-state index in [1.165, 1.54) is 4.90 Å². The summed E-state index contributed by atoms with van der Waals surface area (Å²) in [5.41, 5.74) is -0.794. The Morgan fingerprint density at radius 1 is 1.35 bits per heavy atom. The van der Waals surface area contributed by atoms with Crippen molar-refractivity contribution in [3.8, 4) is 0 Å². The van der Waals surface area contributed by atoms with Crippen molar-refractivity contribution in [2.45, 2.75) is 26.4 Å². The van der Waals surface area contributed by atoms with E-state index >= 15 is 0 Å². The second-order valence-corrected chi connectivity index (χ2v) is 5.92. The Morgan fingerprint density at radius 2 is 1.94 bits per heavy atom. The number of aliphatic hydroxyl groups is 1. The molecule has 1 aromatic carbocycles. The second-order valence-electron chi connectivity index (χ2n) is 5.49. The quantitative estimate of drug-likeness (QED) is 0.772. The molecule has 2 rings (SSSR count). The van der Waals surface area contributed by atoms with E-state index in [0.717, 1.165) is 5.69 Å². The van der Waals surface area contributed by atoms with Gasteiger partial charge in [0, 0.05) is 23.0 Å². The summed E-state index contributed by atoms with van der Waals surface area (Å²) in [5.74, 6) is -0.303. The van der Waals surface area contributed by atoms with Gasteiger partial charge < -0.3 is 10.0 Å². The van der Waals surface area contributed by atoms with Crippen molar-refractivity contribution >= 4 is 23.2 Å². The molecular weight excluding hydrogens is 238 g/mol. The molecule has 1 aliphatic rings. The molecule has 0 saturated heterocycles. The monoisotopic (exact) mass is 253 g/mol. The van der Waals surface area contributed by atoms with Gasteiger partial charge >= 0.3 is 0 Å². The van der Waals surface area contributed by atoms with Crippen molar-refractivity contribution in [2.24, 2.45) is 5.41 Å². The highest BCUT2D eigenvalue weighted by Gasteiger charge is 2.55. The third-order valence-corrected chi connectivity index (χ3v) is 3.64. The molecule has 0 aliphatic carbocycles. The maximum Gasteiger partial charge on any atom is 0.263 e. The molecule has 1 aliphatic heterocycles. The molecule has 1 aromatic rings. The van der Waals surface area contributed by atoms with Crippen LogP contribution in [0.4, 0.5) is 5.69 Å². The lowest BCUT2D eigenvalue weighted by Crippen LogP contribution is -2.48. The van der Waals surface area contributed by atoms with Gasteiger partial charge in [0.1, 0.15) is 0 Å². The fourth-order valence-corrected chi connectivity index (χ4v) is 2.45. The molecule has 1 unspecified atom stereocenters. The second kappa shape index (κ2) is 3.47. The highest BCUT2D eigenvalue weighted by molar-refractivity contribution is 6.31. The SMILES string of the molecule is CN1C(=O)C(O)(C(C)(C)C)c2cc(Cl)ccc21. The number of rotatable bonds is 0. The van der Waals surface area contributed by atoms with Crippen LogP contribution in [-0.4, -0.2) is 18.1 Å². The Kier molecular flexibility index (Phi) is 2.53. The number of hydrogen-bond acceptors (Lipinski definition) is 2. The molecule has 92 valence electrons. The summed E-state index contributed by atoms with van der Waals surface area (Å²) < 4.78 is 0. The maximum atomic E-state index is 12.3. The summed E-state index contributed by atoms with van der Waals surface area (Å²) in [6.07, 6.45) is 0. The fourth-order valence-electron chi connectivity index (χ4n) is 2.28. The van der Waals surface area contributed by atoms with Crippen LogP contribution in [0.1, 0.15) is 26.3 Å². The van der Waals surface area contributed by atoms with Crippen LogP contribution in [0.5, 0.6) is 0 Å². The molecule has 0 fully saturated rings. The van der Waals surface area contributed by atoms with Gasteiger partial charge in [-0.3, -0.25) is 4.79 Å². The molecule has 1 heterocycles. The Bertz CT molecular complexity index is 493. The molecular formula is C13H16ClNO2. The van der Waals surface area contributed by atoms with Crippen LogP contribution in [0.25, 0.3) is 0 Å². The number of amides is 1. The van der Waals surface area contributed by atoms with Gasteiger partial charge in [0.2, 0.25) is 0 Å². The van der Waals surface area contributed by atoms with E-state index in [-0.39, 0.29) is 5.91 Å². The number of carbonyl (C=O) groups excluding carboxylic acids is 1. The minimum absolute atomic E-state index is 0.303. The first-order chi connectivity index (χ1) is 7.69. The van der Waals surface area contributed by atoms with Crippen molar-refractivity contribution < 1.29 is 9.90 Å². The lowest BCUT2D eigenvalue weighted by Gasteiger charge is -2.35. The molecule has 0 spiro atoms. The molecule has 0 aromatic heterocycles. The van der Waals surface area contributed by atoms with Crippen LogP contribution in [0.2, 0.25) is 5.02 Å². The van der Waals surface area contributed by atoms with Gasteiger partial charge in [0.15, 0.2) is 5.60 Å². The maximum absolute atomic E-state index is 12.3. The van der Waals surface area contributed by atoms with Crippen molar-refractivity contribution in [3.05, 3.63) is 28.8 Å². The summed E-state index contributed by atoms with van der Waals surface area (Å²) in [6, 6.07) is 5.15. The normalized spacial score (nSPS) is 24.1. The Hall–Kier alpha value is -1.06. The lowest BCUT2D eigenvalue weighted by molar-refractivity contribution is -0.148. The van der Waals surface area contributed by atoms with Crippen LogP contribution in [0.15, 0.2) is 18.2 Å². The largest absolute Gasteiger partial charge is 0.375 e. The fraction of sp³-hybridized carbons (Fsp3) is 0.462. The first-order valence-electron chi connectivity index (χ1n) is 5.50. The zero-order valence-electron chi connectivity index (χ0n) is 10.4. The van der Waals surface area contributed by atoms with E-state index in [2.05, 4.69) is 0 Å². The van der Waals surface area contributed by atoms with Crippen LogP contribution >= 0.6 is 11.6 Å². The van der Waals surface area contributed by atoms with Crippen LogP contribution in [0.3, 0.4) is 0 Å². The first kappa shape index (κ1) is 12.4. The van der Waals surface area contributed by atoms with E-state index in [4.69, 9.17) is 11.6 Å². The number of benzene rings is 1. The number of halogens is 1. The number of nitrogens with zero attached hydrogens (tertiary/aromatic N) is 1. The molecule has 1 atom stereocenters. The molecule has 1 amide bonds. The third-order valence-electron chi connectivity index (χ3n) is 3.41. The zero-order chi connectivity index (χ0) is 13.0. The Morgan fingerprint density at radius 3 is 2.47 bits per heavy atom. The lowest BCUT2D eigenvalue weighted by atomic mass is 9.73. The Labute approximate surface area is 106 Å². The molecule has 0 bridgehead atoms. The summed E-state index contributed by atoms with van der Waals surface area (Å²) in [6.45, 7) is 5.53. The molecule has 4 heteroatoms. The summed E-state index contributed by atoms with van der Waals surface area (Å²) in [5, 5.41) is 11.3. The highest BCUT2D eigenvalue weighted by atomic mass is 35.5. The van der Waals surface area contributed by atoms with E-state index in [1.807, 2.05) is 20.8 Å². The topological polar surface area (TPSA) is 40.5 Å². The molecule has 17 heavy (non-hydrogen) atoms. The number of hydrogen-bond donors (Lipinski definition) is 1. The molecule has 3 nitrogen and oxygen atoms in total. The summed E-state index contributed by atoms with van der Waals surface area (Å²) in [4.78, 5) is 13.8. The third kappa shape index (κ3) is 1.49. The molecule has 1 N–H and O–H groups in total. The zero-order valence-corrected chi connectivity index (χ0v) is 11.2. The van der Waals surface area contributed by atoms with Crippen molar-refractivity contribution in [2.75, 3.05) is 11.9 Å². The van der Waals surface area contributed by atoms with Gasteiger partial charge in [0.05, 0.1) is 5.69 Å². The van der Waals surface area contributed by atoms with Gasteiger partial charge in [0.25, 0.3) is 5.91 Å². The van der Waals surface area contributed by atoms with Gasteiger partial charge in [-0.05, 0) is 18.2 Å². The van der Waals surface area contributed by atoms with Crippen LogP contribution < -0.4 is 4.90 Å². The summed E-state index contributed by atoms with van der Waals surface area (Å²) in [7, 11) is 1.67. The van der Waals surface area contributed by atoms with Crippen LogP contribution in [0, 0.1) is 5.41 Å². The Balaban J connectivity index is 2.74. The standard InChI is InChI=1S/C13H16ClNO2/c1-12(2,3)13(17)9-7-8(14)5-6-10(9)15(4)11(13)16/h5-7,17H,1-4H3. The van der Waals surface area contributed by atoms with Crippen molar-refractivity contribution in [1.82, 2.24) is 0 Å². The van der Waals surface area contributed by atoms with Crippen LogP contribution in [-0.2, 0) is 10.4 Å². The van der Waals surface area contributed by atoms with Gasteiger partial charge in [-0.15, -0.1) is 0 Å².